The van der Waals surface area contributed by atoms with Gasteiger partial charge in [0.15, 0.2) is 11.6 Å². The summed E-state index contributed by atoms with van der Waals surface area (Å²) in [6.45, 7) is 3.00. The molecule has 0 unspecified atom stereocenters. The molecular formula is C13H10ClFN2O. The Hall–Kier alpha value is -1.81. The van der Waals surface area contributed by atoms with Crippen LogP contribution in [0.4, 0.5) is 4.39 Å². The predicted octanol–water partition coefficient (Wildman–Crippen LogP) is 3.45. The Morgan fingerprint density at radius 1 is 1.39 bits per heavy atom. The van der Waals surface area contributed by atoms with Gasteiger partial charge in [-0.25, -0.2) is 14.4 Å². The molecule has 1 aromatic heterocycles. The van der Waals surface area contributed by atoms with Crippen molar-refractivity contribution in [2.24, 2.45) is 0 Å². The standard InChI is InChI=1S/C13H10ClFN2O/c1-7-5-10(14)9(6-11(7)15)12-3-4-16-13(17-12)8(2)18/h3-6H,1-2H3. The normalized spacial score (nSPS) is 10.4. The van der Waals surface area contributed by atoms with Gasteiger partial charge in [0, 0.05) is 18.7 Å². The summed E-state index contributed by atoms with van der Waals surface area (Å²) in [4.78, 5) is 19.1. The summed E-state index contributed by atoms with van der Waals surface area (Å²) in [6, 6.07) is 4.42. The van der Waals surface area contributed by atoms with Gasteiger partial charge >= 0.3 is 0 Å². The maximum atomic E-state index is 13.5. The third kappa shape index (κ3) is 2.38. The van der Waals surface area contributed by atoms with Crippen LogP contribution in [0.3, 0.4) is 0 Å². The van der Waals surface area contributed by atoms with Crippen LogP contribution >= 0.6 is 11.6 Å². The zero-order chi connectivity index (χ0) is 13.3. The monoisotopic (exact) mass is 264 g/mol. The van der Waals surface area contributed by atoms with Gasteiger partial charge in [-0.1, -0.05) is 11.6 Å². The molecule has 0 radical (unpaired) electrons. The van der Waals surface area contributed by atoms with E-state index in [1.165, 1.54) is 25.3 Å². The van der Waals surface area contributed by atoms with E-state index in [-0.39, 0.29) is 17.4 Å². The van der Waals surface area contributed by atoms with Gasteiger partial charge in [-0.15, -0.1) is 0 Å². The van der Waals surface area contributed by atoms with Crippen molar-refractivity contribution in [3.05, 3.63) is 46.6 Å². The molecule has 2 rings (SSSR count). The second-order valence-corrected chi connectivity index (χ2v) is 4.31. The van der Waals surface area contributed by atoms with Crippen molar-refractivity contribution in [2.75, 3.05) is 0 Å². The molecule has 0 aliphatic heterocycles. The number of hydrogen-bond acceptors (Lipinski definition) is 3. The molecule has 0 saturated heterocycles. The van der Waals surface area contributed by atoms with Gasteiger partial charge in [-0.05, 0) is 30.7 Å². The van der Waals surface area contributed by atoms with Crippen LogP contribution in [0.25, 0.3) is 11.3 Å². The third-order valence-corrected chi connectivity index (χ3v) is 2.81. The van der Waals surface area contributed by atoms with Crippen LogP contribution < -0.4 is 0 Å². The van der Waals surface area contributed by atoms with E-state index in [0.29, 0.717) is 21.8 Å². The van der Waals surface area contributed by atoms with Gasteiger partial charge in [0.2, 0.25) is 0 Å². The molecule has 0 amide bonds. The summed E-state index contributed by atoms with van der Waals surface area (Å²) in [5, 5.41) is 0.391. The number of aryl methyl sites for hydroxylation is 1. The topological polar surface area (TPSA) is 42.9 Å². The molecule has 5 heteroatoms. The lowest BCUT2D eigenvalue weighted by molar-refractivity contribution is 0.100. The Morgan fingerprint density at radius 2 is 2.11 bits per heavy atom. The van der Waals surface area contributed by atoms with E-state index in [2.05, 4.69) is 9.97 Å². The van der Waals surface area contributed by atoms with Crippen molar-refractivity contribution in [1.29, 1.82) is 0 Å². The van der Waals surface area contributed by atoms with Crippen molar-refractivity contribution in [3.8, 4) is 11.3 Å². The summed E-state index contributed by atoms with van der Waals surface area (Å²) in [5.41, 5.74) is 1.34. The Labute approximate surface area is 109 Å². The molecule has 18 heavy (non-hydrogen) atoms. The lowest BCUT2D eigenvalue weighted by Gasteiger charge is -2.06. The molecule has 0 N–H and O–H groups in total. The number of hydrogen-bond donors (Lipinski definition) is 0. The Balaban J connectivity index is 2.58. The van der Waals surface area contributed by atoms with Gasteiger partial charge < -0.3 is 0 Å². The number of carbonyl (C=O) groups excluding carboxylic acids is 1. The highest BCUT2D eigenvalue weighted by molar-refractivity contribution is 6.33. The fraction of sp³-hybridized carbons (Fsp3) is 0.154. The van der Waals surface area contributed by atoms with Crippen molar-refractivity contribution in [3.63, 3.8) is 0 Å². The number of carbonyl (C=O) groups is 1. The number of ketones is 1. The zero-order valence-corrected chi connectivity index (χ0v) is 10.6. The van der Waals surface area contributed by atoms with Crippen LogP contribution in [-0.4, -0.2) is 15.8 Å². The molecule has 1 aromatic carbocycles. The van der Waals surface area contributed by atoms with Gasteiger partial charge in [0.05, 0.1) is 10.7 Å². The minimum Gasteiger partial charge on any atom is -0.291 e. The Morgan fingerprint density at radius 3 is 2.78 bits per heavy atom. The largest absolute Gasteiger partial charge is 0.291 e. The highest BCUT2D eigenvalue weighted by Gasteiger charge is 2.11. The van der Waals surface area contributed by atoms with Crippen LogP contribution in [0, 0.1) is 12.7 Å². The summed E-state index contributed by atoms with van der Waals surface area (Å²) in [5.74, 6) is -0.525. The van der Waals surface area contributed by atoms with E-state index < -0.39 is 0 Å². The molecular weight excluding hydrogens is 255 g/mol. The molecule has 0 saturated carbocycles. The number of Topliss-reactive ketones (excluding diaryl/α,β-unsaturated/α-hetero) is 1. The highest BCUT2D eigenvalue weighted by Crippen LogP contribution is 2.28. The quantitative estimate of drug-likeness (QED) is 0.780. The van der Waals surface area contributed by atoms with E-state index in [1.54, 1.807) is 13.0 Å². The molecule has 0 atom stereocenters. The van der Waals surface area contributed by atoms with Crippen LogP contribution in [-0.2, 0) is 0 Å². The van der Waals surface area contributed by atoms with E-state index >= 15 is 0 Å². The summed E-state index contributed by atoms with van der Waals surface area (Å²) in [6.07, 6.45) is 1.45. The summed E-state index contributed by atoms with van der Waals surface area (Å²) < 4.78 is 13.5. The SMILES string of the molecule is CC(=O)c1nccc(-c2cc(F)c(C)cc2Cl)n1. The summed E-state index contributed by atoms with van der Waals surface area (Å²) >= 11 is 6.06. The van der Waals surface area contributed by atoms with Gasteiger partial charge in [0.25, 0.3) is 0 Å². The summed E-state index contributed by atoms with van der Waals surface area (Å²) in [7, 11) is 0. The van der Waals surface area contributed by atoms with Crippen molar-refractivity contribution in [1.82, 2.24) is 9.97 Å². The number of nitrogens with zero attached hydrogens (tertiary/aromatic N) is 2. The maximum absolute atomic E-state index is 13.5. The molecule has 3 nitrogen and oxygen atoms in total. The second-order valence-electron chi connectivity index (χ2n) is 3.90. The van der Waals surface area contributed by atoms with Crippen LogP contribution in [0.15, 0.2) is 24.4 Å². The first kappa shape index (κ1) is 12.6. The molecule has 0 spiro atoms. The average Bonchev–Trinajstić information content (AvgIpc) is 2.34. The Kier molecular flexibility index (Phi) is 3.39. The zero-order valence-electron chi connectivity index (χ0n) is 9.87. The van der Waals surface area contributed by atoms with Crippen molar-refractivity contribution in [2.45, 2.75) is 13.8 Å². The molecule has 0 fully saturated rings. The van der Waals surface area contributed by atoms with Crippen LogP contribution in [0.5, 0.6) is 0 Å². The fourth-order valence-electron chi connectivity index (χ4n) is 1.52. The average molecular weight is 265 g/mol. The minimum atomic E-state index is -0.364. The molecule has 1 heterocycles. The predicted molar refractivity (Wildman–Crippen MR) is 67.2 cm³/mol. The Bertz CT molecular complexity index is 628. The second kappa shape index (κ2) is 4.82. The molecule has 2 aromatic rings. The molecule has 0 bridgehead atoms. The number of rotatable bonds is 2. The number of benzene rings is 1. The van der Waals surface area contributed by atoms with Gasteiger partial charge in [-0.2, -0.15) is 0 Å². The van der Waals surface area contributed by atoms with Gasteiger partial charge in [0.1, 0.15) is 5.82 Å². The van der Waals surface area contributed by atoms with E-state index in [1.807, 2.05) is 0 Å². The first-order valence-corrected chi connectivity index (χ1v) is 5.67. The van der Waals surface area contributed by atoms with E-state index in [4.69, 9.17) is 11.6 Å². The highest BCUT2D eigenvalue weighted by atomic mass is 35.5. The first-order valence-electron chi connectivity index (χ1n) is 5.29. The maximum Gasteiger partial charge on any atom is 0.196 e. The molecule has 0 aliphatic carbocycles. The molecule has 0 aliphatic rings. The minimum absolute atomic E-state index is 0.0875. The van der Waals surface area contributed by atoms with Crippen LogP contribution in [0.2, 0.25) is 5.02 Å². The lowest BCUT2D eigenvalue weighted by atomic mass is 10.1. The lowest BCUT2D eigenvalue weighted by Crippen LogP contribution is -2.01. The van der Waals surface area contributed by atoms with E-state index in [0.717, 1.165) is 0 Å². The third-order valence-electron chi connectivity index (χ3n) is 2.49. The van der Waals surface area contributed by atoms with E-state index in [9.17, 15) is 9.18 Å². The van der Waals surface area contributed by atoms with Crippen molar-refractivity contribution < 1.29 is 9.18 Å². The van der Waals surface area contributed by atoms with Crippen molar-refractivity contribution >= 4 is 17.4 Å². The fourth-order valence-corrected chi connectivity index (χ4v) is 1.84. The number of aromatic nitrogens is 2. The smallest absolute Gasteiger partial charge is 0.196 e. The van der Waals surface area contributed by atoms with Crippen LogP contribution in [0.1, 0.15) is 23.1 Å². The number of halogens is 2. The first-order chi connectivity index (χ1) is 8.49. The molecule has 92 valence electrons. The van der Waals surface area contributed by atoms with Gasteiger partial charge in [-0.3, -0.25) is 4.79 Å².